The van der Waals surface area contributed by atoms with Crippen LogP contribution in [-0.2, 0) is 0 Å². The maximum atomic E-state index is 4.36. The fourth-order valence-corrected chi connectivity index (χ4v) is 2.00. The molecule has 0 aliphatic carbocycles. The van der Waals surface area contributed by atoms with Crippen molar-refractivity contribution in [1.29, 1.82) is 0 Å². The maximum absolute atomic E-state index is 4.36. The third-order valence-electron chi connectivity index (χ3n) is 2.13. The largest absolute Gasteiger partial charge is 0.249 e. The van der Waals surface area contributed by atoms with Gasteiger partial charge in [0, 0.05) is 11.1 Å². The van der Waals surface area contributed by atoms with Crippen LogP contribution in [0.5, 0.6) is 0 Å². The van der Waals surface area contributed by atoms with Gasteiger partial charge in [0.05, 0.1) is 0 Å². The van der Waals surface area contributed by atoms with Gasteiger partial charge < -0.3 is 0 Å². The molecule has 0 aliphatic rings. The molecule has 76 valence electrons. The Labute approximate surface area is 94.6 Å². The third-order valence-corrected chi connectivity index (χ3v) is 3.09. The molecule has 0 fully saturated rings. The van der Waals surface area contributed by atoms with Gasteiger partial charge in [0.1, 0.15) is 5.03 Å². The Balaban J connectivity index is 2.15. The summed E-state index contributed by atoms with van der Waals surface area (Å²) in [5.41, 5.74) is 2.49. The number of benzene rings is 1. The fraction of sp³-hybridized carbons (Fsp3) is 0.154. The number of hydrogen-bond acceptors (Lipinski definition) is 2. The monoisotopic (exact) mass is 215 g/mol. The van der Waals surface area contributed by atoms with Gasteiger partial charge in [-0.3, -0.25) is 0 Å². The number of nitrogens with zero attached hydrogens (tertiary/aromatic N) is 1. The van der Waals surface area contributed by atoms with Crippen molar-refractivity contribution in [3.8, 4) is 0 Å². The van der Waals surface area contributed by atoms with E-state index >= 15 is 0 Å². The molecule has 0 spiro atoms. The van der Waals surface area contributed by atoms with Gasteiger partial charge in [-0.15, -0.1) is 0 Å². The average molecular weight is 215 g/mol. The van der Waals surface area contributed by atoms with E-state index < -0.39 is 0 Å². The summed E-state index contributed by atoms with van der Waals surface area (Å²) >= 11 is 1.69. The second kappa shape index (κ2) is 4.49. The van der Waals surface area contributed by atoms with E-state index in [-0.39, 0.29) is 0 Å². The standard InChI is InChI=1S/C13H13NS/c1-10-3-6-12(7-4-10)15-13-8-5-11(2)9-14-13/h3-9H,1-2H3. The number of hydrogen-bond donors (Lipinski definition) is 0. The molecule has 0 radical (unpaired) electrons. The van der Waals surface area contributed by atoms with Crippen molar-refractivity contribution in [3.63, 3.8) is 0 Å². The molecule has 1 nitrogen and oxygen atoms in total. The van der Waals surface area contributed by atoms with Crippen LogP contribution >= 0.6 is 11.8 Å². The van der Waals surface area contributed by atoms with Crippen molar-refractivity contribution >= 4 is 11.8 Å². The summed E-state index contributed by atoms with van der Waals surface area (Å²) in [7, 11) is 0. The molecule has 0 saturated heterocycles. The molecule has 2 rings (SSSR count). The van der Waals surface area contributed by atoms with Gasteiger partial charge in [-0.2, -0.15) is 0 Å². The summed E-state index contributed by atoms with van der Waals surface area (Å²) in [4.78, 5) is 5.59. The van der Waals surface area contributed by atoms with Gasteiger partial charge in [-0.05, 0) is 37.6 Å². The molecule has 1 aromatic carbocycles. The van der Waals surface area contributed by atoms with E-state index in [1.165, 1.54) is 16.0 Å². The van der Waals surface area contributed by atoms with Crippen LogP contribution in [0.25, 0.3) is 0 Å². The second-order valence-corrected chi connectivity index (χ2v) is 4.68. The summed E-state index contributed by atoms with van der Waals surface area (Å²) < 4.78 is 0. The fourth-order valence-electron chi connectivity index (χ4n) is 1.24. The minimum atomic E-state index is 1.05. The first-order chi connectivity index (χ1) is 7.24. The van der Waals surface area contributed by atoms with Crippen LogP contribution < -0.4 is 0 Å². The van der Waals surface area contributed by atoms with Crippen molar-refractivity contribution in [2.75, 3.05) is 0 Å². The molecular weight excluding hydrogens is 202 g/mol. The number of pyridine rings is 1. The Morgan fingerprint density at radius 3 is 2.13 bits per heavy atom. The molecule has 0 aliphatic heterocycles. The first kappa shape index (κ1) is 10.2. The van der Waals surface area contributed by atoms with Crippen molar-refractivity contribution < 1.29 is 0 Å². The van der Waals surface area contributed by atoms with E-state index in [1.54, 1.807) is 11.8 Å². The molecular formula is C13H13NS. The minimum absolute atomic E-state index is 1.05. The van der Waals surface area contributed by atoms with E-state index in [4.69, 9.17) is 0 Å². The SMILES string of the molecule is Cc1ccc(Sc2ccc(C)cn2)cc1. The third kappa shape index (κ3) is 2.83. The van der Waals surface area contributed by atoms with Crippen LogP contribution in [0.2, 0.25) is 0 Å². The number of aryl methyl sites for hydroxylation is 2. The lowest BCUT2D eigenvalue weighted by Gasteiger charge is -2.01. The van der Waals surface area contributed by atoms with Gasteiger partial charge in [-0.1, -0.05) is 35.5 Å². The highest BCUT2D eigenvalue weighted by Crippen LogP contribution is 2.25. The zero-order valence-electron chi connectivity index (χ0n) is 8.90. The zero-order valence-corrected chi connectivity index (χ0v) is 9.71. The minimum Gasteiger partial charge on any atom is -0.249 e. The maximum Gasteiger partial charge on any atom is 0.101 e. The molecule has 0 N–H and O–H groups in total. The average Bonchev–Trinajstić information content (AvgIpc) is 2.25. The molecule has 0 bridgehead atoms. The predicted octanol–water partition coefficient (Wildman–Crippen LogP) is 3.85. The predicted molar refractivity (Wildman–Crippen MR) is 64.3 cm³/mol. The van der Waals surface area contributed by atoms with Gasteiger partial charge in [0.2, 0.25) is 0 Å². The quantitative estimate of drug-likeness (QED) is 0.754. The normalized spacial score (nSPS) is 10.3. The summed E-state index contributed by atoms with van der Waals surface area (Å²) in [5, 5.41) is 1.05. The Bertz CT molecular complexity index is 388. The molecule has 2 aromatic rings. The van der Waals surface area contributed by atoms with Crippen LogP contribution in [-0.4, -0.2) is 4.98 Å². The van der Waals surface area contributed by atoms with Crippen LogP contribution in [0.15, 0.2) is 52.5 Å². The molecule has 0 saturated carbocycles. The summed E-state index contributed by atoms with van der Waals surface area (Å²) in [6, 6.07) is 12.6. The van der Waals surface area contributed by atoms with Crippen LogP contribution in [0.4, 0.5) is 0 Å². The molecule has 2 heteroatoms. The lowest BCUT2D eigenvalue weighted by Crippen LogP contribution is -1.80. The highest BCUT2D eigenvalue weighted by molar-refractivity contribution is 7.99. The summed E-state index contributed by atoms with van der Waals surface area (Å²) in [6.07, 6.45) is 1.90. The summed E-state index contributed by atoms with van der Waals surface area (Å²) in [5.74, 6) is 0. The molecule has 15 heavy (non-hydrogen) atoms. The molecule has 0 unspecified atom stereocenters. The van der Waals surface area contributed by atoms with E-state index in [9.17, 15) is 0 Å². The number of aromatic nitrogens is 1. The highest BCUT2D eigenvalue weighted by atomic mass is 32.2. The van der Waals surface area contributed by atoms with Crippen molar-refractivity contribution in [2.45, 2.75) is 23.8 Å². The Morgan fingerprint density at radius 2 is 1.53 bits per heavy atom. The van der Waals surface area contributed by atoms with Crippen molar-refractivity contribution in [1.82, 2.24) is 4.98 Å². The smallest absolute Gasteiger partial charge is 0.101 e. The first-order valence-electron chi connectivity index (χ1n) is 4.91. The van der Waals surface area contributed by atoms with Gasteiger partial charge in [-0.25, -0.2) is 4.98 Å². The second-order valence-electron chi connectivity index (χ2n) is 3.59. The number of rotatable bonds is 2. The molecule has 0 atom stereocenters. The Morgan fingerprint density at radius 1 is 0.867 bits per heavy atom. The highest BCUT2D eigenvalue weighted by Gasteiger charge is 1.97. The van der Waals surface area contributed by atoms with Gasteiger partial charge in [0.15, 0.2) is 0 Å². The van der Waals surface area contributed by atoms with Crippen LogP contribution in [0, 0.1) is 13.8 Å². The van der Waals surface area contributed by atoms with E-state index in [2.05, 4.69) is 48.3 Å². The first-order valence-corrected chi connectivity index (χ1v) is 5.73. The van der Waals surface area contributed by atoms with E-state index in [0.717, 1.165) is 5.03 Å². The van der Waals surface area contributed by atoms with Crippen molar-refractivity contribution in [3.05, 3.63) is 53.7 Å². The van der Waals surface area contributed by atoms with E-state index in [0.29, 0.717) is 0 Å². The van der Waals surface area contributed by atoms with Gasteiger partial charge in [0.25, 0.3) is 0 Å². The van der Waals surface area contributed by atoms with Crippen LogP contribution in [0.3, 0.4) is 0 Å². The zero-order chi connectivity index (χ0) is 10.7. The van der Waals surface area contributed by atoms with E-state index in [1.807, 2.05) is 13.1 Å². The topological polar surface area (TPSA) is 12.9 Å². The molecule has 1 aromatic heterocycles. The molecule has 1 heterocycles. The lowest BCUT2D eigenvalue weighted by atomic mass is 10.2. The summed E-state index contributed by atoms with van der Waals surface area (Å²) in [6.45, 7) is 4.14. The Hall–Kier alpha value is -1.28. The Kier molecular flexibility index (Phi) is 3.07. The van der Waals surface area contributed by atoms with Crippen molar-refractivity contribution in [2.24, 2.45) is 0 Å². The molecule has 0 amide bonds. The lowest BCUT2D eigenvalue weighted by molar-refractivity contribution is 1.11. The van der Waals surface area contributed by atoms with Crippen LogP contribution in [0.1, 0.15) is 11.1 Å². The van der Waals surface area contributed by atoms with Gasteiger partial charge >= 0.3 is 0 Å².